The lowest BCUT2D eigenvalue weighted by Crippen LogP contribution is -2.00. The van der Waals surface area contributed by atoms with Crippen molar-refractivity contribution in [2.45, 2.75) is 34.1 Å². The standard InChI is InChI=1S/C6H14.CHNS/c1-5-6(2,3)4;2-1-3/h5H2,1-4H3;2H. The Morgan fingerprint density at radius 3 is 1.56 bits per heavy atom. The van der Waals surface area contributed by atoms with E-state index in [0.29, 0.717) is 5.41 Å². The van der Waals surface area contributed by atoms with Crippen LogP contribution in [0.5, 0.6) is 0 Å². The highest BCUT2D eigenvalue weighted by atomic mass is 32.1. The van der Waals surface area contributed by atoms with Crippen LogP contribution in [-0.4, -0.2) is 5.16 Å². The zero-order chi connectivity index (χ0) is 7.91. The first kappa shape index (κ1) is 11.6. The first-order valence-corrected chi connectivity index (χ1v) is 3.42. The normalized spacial score (nSPS) is 8.89. The molecule has 0 aromatic heterocycles. The van der Waals surface area contributed by atoms with Crippen molar-refractivity contribution in [1.29, 1.82) is 5.41 Å². The van der Waals surface area contributed by atoms with Crippen LogP contribution in [0.25, 0.3) is 0 Å². The summed E-state index contributed by atoms with van der Waals surface area (Å²) in [5, 5.41) is 7.36. The second kappa shape index (κ2) is 5.93. The summed E-state index contributed by atoms with van der Waals surface area (Å²) in [6, 6.07) is 0. The Balaban J connectivity index is 0. The van der Waals surface area contributed by atoms with E-state index in [-0.39, 0.29) is 0 Å². The maximum Gasteiger partial charge on any atom is 0.0554 e. The zero-order valence-electron chi connectivity index (χ0n) is 6.62. The summed E-state index contributed by atoms with van der Waals surface area (Å²) in [5.74, 6) is 0. The van der Waals surface area contributed by atoms with E-state index in [2.05, 4.69) is 39.9 Å². The molecule has 0 saturated carbocycles. The molecule has 0 aromatic carbocycles. The van der Waals surface area contributed by atoms with Crippen molar-refractivity contribution >= 4 is 17.4 Å². The highest BCUT2D eigenvalue weighted by molar-refractivity contribution is 7.78. The minimum Gasteiger partial charge on any atom is -0.248 e. The Bertz CT molecular complexity index is 85.6. The molecule has 0 atom stereocenters. The van der Waals surface area contributed by atoms with Gasteiger partial charge in [0.05, 0.1) is 5.16 Å². The molecule has 0 amide bonds. The lowest BCUT2D eigenvalue weighted by Gasteiger charge is -2.12. The molecule has 0 aliphatic carbocycles. The second-order valence-corrected chi connectivity index (χ2v) is 3.22. The molecule has 0 bridgehead atoms. The van der Waals surface area contributed by atoms with Crippen LogP contribution < -0.4 is 0 Å². The molecule has 0 radical (unpaired) electrons. The van der Waals surface area contributed by atoms with E-state index in [4.69, 9.17) is 5.41 Å². The molecule has 0 aromatic rings. The Hall–Kier alpha value is -0.200. The quantitative estimate of drug-likeness (QED) is 0.411. The number of isothiocyanates is 1. The maximum absolute atomic E-state index is 5.77. The van der Waals surface area contributed by atoms with E-state index >= 15 is 0 Å². The molecule has 0 saturated heterocycles. The molecule has 0 aliphatic rings. The van der Waals surface area contributed by atoms with E-state index in [1.54, 1.807) is 5.16 Å². The summed E-state index contributed by atoms with van der Waals surface area (Å²) >= 11 is 3.81. The smallest absolute Gasteiger partial charge is 0.0554 e. The monoisotopic (exact) mass is 145 g/mol. The first-order chi connectivity index (χ1) is 3.97. The number of hydrogen-bond donors (Lipinski definition) is 1. The van der Waals surface area contributed by atoms with Crippen LogP contribution in [-0.2, 0) is 0 Å². The average molecular weight is 145 g/mol. The van der Waals surface area contributed by atoms with Crippen LogP contribution in [0.15, 0.2) is 0 Å². The van der Waals surface area contributed by atoms with Crippen LogP contribution in [0.3, 0.4) is 0 Å². The van der Waals surface area contributed by atoms with Crippen LogP contribution in [0.2, 0.25) is 0 Å². The Morgan fingerprint density at radius 2 is 1.56 bits per heavy atom. The van der Waals surface area contributed by atoms with Gasteiger partial charge in [-0.3, -0.25) is 0 Å². The molecule has 0 unspecified atom stereocenters. The number of rotatable bonds is 0. The van der Waals surface area contributed by atoms with Gasteiger partial charge in [-0.05, 0) is 17.6 Å². The third-order valence-corrected chi connectivity index (χ3v) is 1.06. The molecule has 0 fully saturated rings. The Labute approximate surface area is 63.0 Å². The van der Waals surface area contributed by atoms with Crippen LogP contribution in [0, 0.1) is 10.8 Å². The van der Waals surface area contributed by atoms with Crippen LogP contribution in [0.4, 0.5) is 0 Å². The minimum atomic E-state index is 0.542. The van der Waals surface area contributed by atoms with E-state index in [9.17, 15) is 0 Å². The summed E-state index contributed by atoms with van der Waals surface area (Å²) < 4.78 is 0. The predicted octanol–water partition coefficient (Wildman–Crippen LogP) is 3.11. The highest BCUT2D eigenvalue weighted by Gasteiger charge is 2.03. The molecule has 0 aliphatic heterocycles. The van der Waals surface area contributed by atoms with Gasteiger partial charge in [-0.2, -0.15) is 0 Å². The summed E-state index contributed by atoms with van der Waals surface area (Å²) in [6.07, 6.45) is 1.27. The second-order valence-electron chi connectivity index (χ2n) is 3.02. The SMILES string of the molecule is CCC(C)(C)C.N=C=S. The van der Waals surface area contributed by atoms with Crippen molar-refractivity contribution < 1.29 is 0 Å². The van der Waals surface area contributed by atoms with E-state index < -0.39 is 0 Å². The lowest BCUT2D eigenvalue weighted by molar-refractivity contribution is 0.398. The molecule has 0 heterocycles. The predicted molar refractivity (Wildman–Crippen MR) is 45.1 cm³/mol. The first-order valence-electron chi connectivity index (χ1n) is 3.01. The van der Waals surface area contributed by atoms with Gasteiger partial charge in [-0.1, -0.05) is 34.1 Å². The fourth-order valence-corrected chi connectivity index (χ4v) is 0. The van der Waals surface area contributed by atoms with Gasteiger partial charge in [0.1, 0.15) is 0 Å². The zero-order valence-corrected chi connectivity index (χ0v) is 7.43. The van der Waals surface area contributed by atoms with Gasteiger partial charge in [-0.15, -0.1) is 0 Å². The number of hydrogen-bond acceptors (Lipinski definition) is 2. The fraction of sp³-hybridized carbons (Fsp3) is 0.857. The third-order valence-electron chi connectivity index (χ3n) is 1.06. The van der Waals surface area contributed by atoms with Gasteiger partial charge in [0.15, 0.2) is 0 Å². The number of nitrogens with one attached hydrogen (secondary N) is 1. The van der Waals surface area contributed by atoms with Crippen molar-refractivity contribution in [1.82, 2.24) is 0 Å². The average Bonchev–Trinajstić information content (AvgIpc) is 1.67. The molecule has 54 valence electrons. The van der Waals surface area contributed by atoms with Crippen molar-refractivity contribution in [3.63, 3.8) is 0 Å². The summed E-state index contributed by atoms with van der Waals surface area (Å²) in [7, 11) is 0. The van der Waals surface area contributed by atoms with Crippen molar-refractivity contribution in [2.75, 3.05) is 0 Å². The van der Waals surface area contributed by atoms with Gasteiger partial charge in [-0.25, -0.2) is 5.41 Å². The van der Waals surface area contributed by atoms with Crippen LogP contribution in [0.1, 0.15) is 34.1 Å². The van der Waals surface area contributed by atoms with Crippen molar-refractivity contribution in [3.05, 3.63) is 0 Å². The van der Waals surface area contributed by atoms with Gasteiger partial charge in [0.25, 0.3) is 0 Å². The highest BCUT2D eigenvalue weighted by Crippen LogP contribution is 2.16. The topological polar surface area (TPSA) is 23.9 Å². The molecule has 9 heavy (non-hydrogen) atoms. The van der Waals surface area contributed by atoms with E-state index in [1.807, 2.05) is 0 Å². The lowest BCUT2D eigenvalue weighted by atomic mass is 9.94. The van der Waals surface area contributed by atoms with Gasteiger partial charge < -0.3 is 0 Å². The molecule has 1 nitrogen and oxygen atoms in total. The van der Waals surface area contributed by atoms with Crippen LogP contribution >= 0.6 is 12.2 Å². The Morgan fingerprint density at radius 1 is 1.44 bits per heavy atom. The Kier molecular flexibility index (Phi) is 7.63. The van der Waals surface area contributed by atoms with E-state index in [0.717, 1.165) is 0 Å². The van der Waals surface area contributed by atoms with E-state index in [1.165, 1.54) is 6.42 Å². The summed E-state index contributed by atoms with van der Waals surface area (Å²) in [6.45, 7) is 8.94. The fourth-order valence-electron chi connectivity index (χ4n) is 0. The van der Waals surface area contributed by atoms with Crippen molar-refractivity contribution in [3.8, 4) is 0 Å². The van der Waals surface area contributed by atoms with Gasteiger partial charge in [0, 0.05) is 0 Å². The number of thiocarbonyl (C=S) groups is 1. The van der Waals surface area contributed by atoms with Gasteiger partial charge >= 0.3 is 0 Å². The molecule has 1 N–H and O–H groups in total. The molecular formula is C7H15NS. The molecular weight excluding hydrogens is 130 g/mol. The molecule has 0 rings (SSSR count). The summed E-state index contributed by atoms with van der Waals surface area (Å²) in [5.41, 5.74) is 0.542. The molecule has 2 heteroatoms. The maximum atomic E-state index is 5.77. The largest absolute Gasteiger partial charge is 0.248 e. The summed E-state index contributed by atoms with van der Waals surface area (Å²) in [4.78, 5) is 0. The van der Waals surface area contributed by atoms with Gasteiger partial charge in [0.2, 0.25) is 0 Å². The van der Waals surface area contributed by atoms with Crippen molar-refractivity contribution in [2.24, 2.45) is 5.41 Å². The molecule has 0 spiro atoms. The third kappa shape index (κ3) is 33.5. The minimum absolute atomic E-state index is 0.542.